The van der Waals surface area contributed by atoms with Gasteiger partial charge in [-0.3, -0.25) is 24.2 Å². The second-order valence-electron chi connectivity index (χ2n) is 8.79. The minimum Gasteiger partial charge on any atom is -0.369 e. The highest BCUT2D eigenvalue weighted by atomic mass is 35.5. The van der Waals surface area contributed by atoms with Gasteiger partial charge in [0, 0.05) is 55.9 Å². The van der Waals surface area contributed by atoms with E-state index in [1.54, 1.807) is 0 Å². The van der Waals surface area contributed by atoms with E-state index >= 15 is 0 Å². The first-order valence-electron chi connectivity index (χ1n) is 11.4. The molecule has 4 rings (SSSR count). The molecule has 31 heavy (non-hydrogen) atoms. The Kier molecular flexibility index (Phi) is 7.13. The minimum absolute atomic E-state index is 0.0125. The van der Waals surface area contributed by atoms with E-state index < -0.39 is 6.04 Å². The van der Waals surface area contributed by atoms with Crippen LogP contribution in [0, 0.1) is 5.92 Å². The number of nitrogens with one attached hydrogen (secondary N) is 1. The van der Waals surface area contributed by atoms with Gasteiger partial charge in [-0.15, -0.1) is 0 Å². The maximum Gasteiger partial charge on any atom is 0.252 e. The predicted octanol–water partition coefficient (Wildman–Crippen LogP) is 2.29. The number of carbonyl (C=O) groups excluding carboxylic acids is 3. The van der Waals surface area contributed by atoms with Crippen molar-refractivity contribution in [2.45, 2.75) is 44.6 Å². The van der Waals surface area contributed by atoms with E-state index in [2.05, 4.69) is 21.2 Å². The van der Waals surface area contributed by atoms with E-state index in [9.17, 15) is 14.4 Å². The molecule has 0 spiro atoms. The second-order valence-corrected chi connectivity index (χ2v) is 9.23. The Morgan fingerprint density at radius 3 is 2.48 bits per heavy atom. The fraction of sp³-hybridized carbons (Fsp3) is 0.609. The molecule has 0 radical (unpaired) electrons. The van der Waals surface area contributed by atoms with Gasteiger partial charge in [0.1, 0.15) is 6.04 Å². The molecular weight excluding hydrogens is 416 g/mol. The summed E-state index contributed by atoms with van der Waals surface area (Å²) in [4.78, 5) is 43.5. The molecule has 8 heteroatoms. The normalized spacial score (nSPS) is 23.5. The molecule has 0 bridgehead atoms. The Labute approximate surface area is 188 Å². The van der Waals surface area contributed by atoms with Crippen LogP contribution < -0.4 is 10.2 Å². The lowest BCUT2D eigenvalue weighted by molar-refractivity contribution is -0.140. The van der Waals surface area contributed by atoms with Crippen LogP contribution in [0.3, 0.4) is 0 Å². The first-order valence-corrected chi connectivity index (χ1v) is 11.8. The zero-order valence-electron chi connectivity index (χ0n) is 17.9. The summed E-state index contributed by atoms with van der Waals surface area (Å²) in [5.41, 5.74) is 1.12. The van der Waals surface area contributed by atoms with Crippen molar-refractivity contribution >= 4 is 35.0 Å². The SMILES string of the molecule is O=C(NC1CC(=O)N(CCN2CCN(c3cccc(Cl)c3)CC2)C1=O)C1CCCCC1. The van der Waals surface area contributed by atoms with Gasteiger partial charge in [0.25, 0.3) is 5.91 Å². The molecule has 1 N–H and O–H groups in total. The fourth-order valence-electron chi connectivity index (χ4n) is 4.83. The van der Waals surface area contributed by atoms with Gasteiger partial charge >= 0.3 is 0 Å². The molecule has 1 saturated carbocycles. The van der Waals surface area contributed by atoms with Gasteiger partial charge in [0.15, 0.2) is 0 Å². The highest BCUT2D eigenvalue weighted by Gasteiger charge is 2.40. The minimum atomic E-state index is -0.693. The van der Waals surface area contributed by atoms with Crippen LogP contribution in [0.15, 0.2) is 24.3 Å². The number of hydrogen-bond acceptors (Lipinski definition) is 5. The number of likely N-dealkylation sites (tertiary alicyclic amines) is 1. The molecule has 2 heterocycles. The van der Waals surface area contributed by atoms with E-state index in [0.29, 0.717) is 13.1 Å². The van der Waals surface area contributed by atoms with Crippen LogP contribution in [0.4, 0.5) is 5.69 Å². The van der Waals surface area contributed by atoms with Crippen molar-refractivity contribution in [2.75, 3.05) is 44.2 Å². The molecule has 3 fully saturated rings. The van der Waals surface area contributed by atoms with Crippen molar-refractivity contribution in [3.8, 4) is 0 Å². The number of imide groups is 1. The summed E-state index contributed by atoms with van der Waals surface area (Å²) in [6.07, 6.45) is 5.14. The smallest absolute Gasteiger partial charge is 0.252 e. The number of rotatable bonds is 6. The molecule has 1 aliphatic carbocycles. The van der Waals surface area contributed by atoms with E-state index in [1.165, 1.54) is 11.3 Å². The molecule has 168 valence electrons. The highest BCUT2D eigenvalue weighted by Crippen LogP contribution is 2.25. The number of benzene rings is 1. The molecule has 1 aromatic rings. The highest BCUT2D eigenvalue weighted by molar-refractivity contribution is 6.30. The lowest BCUT2D eigenvalue weighted by atomic mass is 9.88. The van der Waals surface area contributed by atoms with Crippen molar-refractivity contribution in [1.82, 2.24) is 15.1 Å². The summed E-state index contributed by atoms with van der Waals surface area (Å²) in [7, 11) is 0. The van der Waals surface area contributed by atoms with E-state index in [-0.39, 0.29) is 30.1 Å². The first-order chi connectivity index (χ1) is 15.0. The van der Waals surface area contributed by atoms with Gasteiger partial charge in [-0.25, -0.2) is 0 Å². The van der Waals surface area contributed by atoms with Gasteiger partial charge < -0.3 is 10.2 Å². The molecule has 1 atom stereocenters. The Balaban J connectivity index is 1.23. The second kappa shape index (κ2) is 10.0. The molecule has 3 aliphatic rings. The monoisotopic (exact) mass is 446 g/mol. The zero-order valence-corrected chi connectivity index (χ0v) is 18.6. The van der Waals surface area contributed by atoms with Crippen LogP contribution in [0.5, 0.6) is 0 Å². The molecule has 7 nitrogen and oxygen atoms in total. The molecule has 1 unspecified atom stereocenters. The summed E-state index contributed by atoms with van der Waals surface area (Å²) in [5, 5.41) is 3.58. The summed E-state index contributed by atoms with van der Waals surface area (Å²) in [6.45, 7) is 4.52. The van der Waals surface area contributed by atoms with Crippen molar-refractivity contribution in [3.05, 3.63) is 29.3 Å². The van der Waals surface area contributed by atoms with Crippen LogP contribution in [0.1, 0.15) is 38.5 Å². The average molecular weight is 447 g/mol. The lowest BCUT2D eigenvalue weighted by Gasteiger charge is -2.36. The third kappa shape index (κ3) is 5.39. The third-order valence-electron chi connectivity index (χ3n) is 6.72. The first kappa shape index (κ1) is 22.1. The molecule has 0 aromatic heterocycles. The Morgan fingerprint density at radius 2 is 1.77 bits per heavy atom. The number of hydrogen-bond donors (Lipinski definition) is 1. The number of nitrogens with zero attached hydrogens (tertiary/aromatic N) is 3. The molecule has 2 saturated heterocycles. The molecule has 2 aliphatic heterocycles. The summed E-state index contributed by atoms with van der Waals surface area (Å²) < 4.78 is 0. The third-order valence-corrected chi connectivity index (χ3v) is 6.96. The van der Waals surface area contributed by atoms with Gasteiger partial charge in [-0.1, -0.05) is 36.9 Å². The Hall–Kier alpha value is -2.12. The average Bonchev–Trinajstić information content (AvgIpc) is 3.05. The van der Waals surface area contributed by atoms with Crippen molar-refractivity contribution < 1.29 is 14.4 Å². The van der Waals surface area contributed by atoms with Crippen LogP contribution in [0.25, 0.3) is 0 Å². The van der Waals surface area contributed by atoms with Crippen LogP contribution in [-0.2, 0) is 14.4 Å². The molecule has 1 aromatic carbocycles. The summed E-state index contributed by atoms with van der Waals surface area (Å²) >= 11 is 6.10. The van der Waals surface area contributed by atoms with E-state index in [1.807, 2.05) is 18.2 Å². The zero-order chi connectivity index (χ0) is 21.8. The number of amides is 3. The van der Waals surface area contributed by atoms with Gasteiger partial charge in [0.2, 0.25) is 11.8 Å². The van der Waals surface area contributed by atoms with Crippen molar-refractivity contribution in [1.29, 1.82) is 0 Å². The maximum atomic E-state index is 12.7. The number of halogens is 1. The molecule has 3 amide bonds. The number of piperazine rings is 1. The Bertz CT molecular complexity index is 819. The maximum absolute atomic E-state index is 12.7. The largest absolute Gasteiger partial charge is 0.369 e. The van der Waals surface area contributed by atoms with Crippen LogP contribution >= 0.6 is 11.6 Å². The van der Waals surface area contributed by atoms with Crippen molar-refractivity contribution in [2.24, 2.45) is 5.92 Å². The molecular formula is C23H31ClN4O3. The van der Waals surface area contributed by atoms with E-state index in [0.717, 1.165) is 62.6 Å². The Morgan fingerprint density at radius 1 is 1.03 bits per heavy atom. The number of carbonyl (C=O) groups is 3. The fourth-order valence-corrected chi connectivity index (χ4v) is 5.01. The van der Waals surface area contributed by atoms with Gasteiger partial charge in [0.05, 0.1) is 6.42 Å². The van der Waals surface area contributed by atoms with E-state index in [4.69, 9.17) is 11.6 Å². The lowest BCUT2D eigenvalue weighted by Crippen LogP contribution is -2.50. The quantitative estimate of drug-likeness (QED) is 0.679. The standard InChI is InChI=1S/C23H31ClN4O3/c24-18-7-4-8-19(15-18)27-12-9-26(10-13-27)11-14-28-21(29)16-20(23(28)31)25-22(30)17-5-2-1-3-6-17/h4,7-8,15,17,20H,1-3,5-6,9-14,16H2,(H,25,30). The number of anilines is 1. The van der Waals surface area contributed by atoms with Crippen LogP contribution in [-0.4, -0.2) is 72.8 Å². The van der Waals surface area contributed by atoms with Crippen molar-refractivity contribution in [3.63, 3.8) is 0 Å². The van der Waals surface area contributed by atoms with Gasteiger partial charge in [-0.05, 0) is 31.0 Å². The summed E-state index contributed by atoms with van der Waals surface area (Å²) in [5.74, 6) is -0.519. The predicted molar refractivity (Wildman–Crippen MR) is 120 cm³/mol. The topological polar surface area (TPSA) is 73.0 Å². The van der Waals surface area contributed by atoms with Gasteiger partial charge in [-0.2, -0.15) is 0 Å². The van der Waals surface area contributed by atoms with Crippen LogP contribution in [0.2, 0.25) is 5.02 Å². The summed E-state index contributed by atoms with van der Waals surface area (Å²) in [6, 6.07) is 7.17.